The van der Waals surface area contributed by atoms with E-state index in [1.807, 2.05) is 0 Å². The quantitative estimate of drug-likeness (QED) is 0.177. The molecule has 59 heavy (non-hydrogen) atoms. The van der Waals surface area contributed by atoms with Gasteiger partial charge in [0.15, 0.2) is 0 Å². The molecule has 296 valence electrons. The molecule has 0 radical (unpaired) electrons. The van der Waals surface area contributed by atoms with Crippen LogP contribution in [-0.4, -0.2) is 0 Å². The smallest absolute Gasteiger partial charge is 0.134 e. The zero-order valence-electron chi connectivity index (χ0n) is 35.7. The van der Waals surface area contributed by atoms with E-state index < -0.39 is 0 Å². The summed E-state index contributed by atoms with van der Waals surface area (Å²) in [5.41, 5.74) is 17.6. The highest BCUT2D eigenvalue weighted by Gasteiger charge is 2.62. The van der Waals surface area contributed by atoms with Crippen LogP contribution in [0.3, 0.4) is 0 Å². The standard InChI is InChI=1S/C57H57NO/c1-54(2)24-25-55(3,4)50-33-41(21-23-47(50)54)58(40-20-22-44-43-16-10-11-17-46(43)56(5,6)49(44)32-40)42-31-45(37-14-8-7-9-15-37)53-52(34-42)59-51-19-13-12-18-48(51)57(53)38-27-35-26-36(29-38)30-39(57)28-35/h7-23,31-36,38-39H,24-30H2,1-6H3. The molecule has 0 amide bonds. The lowest BCUT2D eigenvalue weighted by molar-refractivity contribution is -0.0449. The van der Waals surface area contributed by atoms with Gasteiger partial charge in [0.1, 0.15) is 11.5 Å². The number of ether oxygens (including phenoxy) is 1. The number of hydrogen-bond donors (Lipinski definition) is 0. The fourth-order valence-electron chi connectivity index (χ4n) is 14.0. The summed E-state index contributed by atoms with van der Waals surface area (Å²) in [6, 6.07) is 49.1. The van der Waals surface area contributed by atoms with E-state index >= 15 is 0 Å². The van der Waals surface area contributed by atoms with Crippen molar-refractivity contribution >= 4 is 17.1 Å². The summed E-state index contributed by atoms with van der Waals surface area (Å²) in [5, 5.41) is 0. The van der Waals surface area contributed by atoms with Gasteiger partial charge in [-0.3, -0.25) is 0 Å². The summed E-state index contributed by atoms with van der Waals surface area (Å²) < 4.78 is 7.31. The van der Waals surface area contributed by atoms with Crippen molar-refractivity contribution in [2.75, 3.05) is 4.90 Å². The highest BCUT2D eigenvalue weighted by molar-refractivity contribution is 5.89. The lowest BCUT2D eigenvalue weighted by Gasteiger charge is -2.63. The van der Waals surface area contributed by atoms with Gasteiger partial charge in [-0.15, -0.1) is 0 Å². The molecule has 13 rings (SSSR count). The second-order valence-electron chi connectivity index (χ2n) is 21.2. The zero-order valence-corrected chi connectivity index (χ0v) is 35.7. The van der Waals surface area contributed by atoms with Crippen LogP contribution in [0.4, 0.5) is 17.1 Å². The first-order chi connectivity index (χ1) is 28.4. The molecule has 0 unspecified atom stereocenters. The summed E-state index contributed by atoms with van der Waals surface area (Å²) in [4.78, 5) is 2.57. The van der Waals surface area contributed by atoms with E-state index in [0.29, 0.717) is 11.8 Å². The Morgan fingerprint density at radius 2 is 1.05 bits per heavy atom. The first kappa shape index (κ1) is 35.8. The molecule has 6 aliphatic carbocycles. The van der Waals surface area contributed by atoms with Gasteiger partial charge in [0, 0.05) is 39.4 Å². The number of benzene rings is 6. The summed E-state index contributed by atoms with van der Waals surface area (Å²) in [6.07, 6.45) is 9.14. The molecular formula is C57H57NO. The molecule has 2 heteroatoms. The van der Waals surface area contributed by atoms with Crippen LogP contribution in [0.5, 0.6) is 11.5 Å². The number of anilines is 3. The van der Waals surface area contributed by atoms with Gasteiger partial charge < -0.3 is 9.64 Å². The highest BCUT2D eigenvalue weighted by Crippen LogP contribution is 2.70. The maximum absolute atomic E-state index is 7.31. The SMILES string of the molecule is CC1(C)CCC(C)(C)c2cc(N(c3cc4c(c(-c5ccccc5)c3)C3(c5ccccc5O4)C4CC5CC(C4)CC3C5)c3ccc4c(c3)C(C)(C)c3ccccc3-4)ccc21. The molecule has 1 aliphatic heterocycles. The van der Waals surface area contributed by atoms with Gasteiger partial charge in [-0.05, 0) is 160 Å². The van der Waals surface area contributed by atoms with Gasteiger partial charge in [-0.1, -0.05) is 126 Å². The molecule has 4 saturated carbocycles. The average Bonchev–Trinajstić information content (AvgIpc) is 3.46. The van der Waals surface area contributed by atoms with Crippen molar-refractivity contribution in [3.63, 3.8) is 0 Å². The van der Waals surface area contributed by atoms with Crippen LogP contribution in [0, 0.1) is 23.7 Å². The number of para-hydroxylation sites is 1. The van der Waals surface area contributed by atoms with Crippen molar-refractivity contribution in [3.05, 3.63) is 161 Å². The number of fused-ring (bicyclic) bond motifs is 6. The monoisotopic (exact) mass is 771 g/mol. The van der Waals surface area contributed by atoms with Gasteiger partial charge in [0.2, 0.25) is 0 Å². The zero-order chi connectivity index (χ0) is 40.1. The summed E-state index contributed by atoms with van der Waals surface area (Å²) >= 11 is 0. The van der Waals surface area contributed by atoms with Crippen LogP contribution in [0.25, 0.3) is 22.3 Å². The normalized spacial score (nSPS) is 26.6. The van der Waals surface area contributed by atoms with Crippen molar-refractivity contribution in [1.82, 2.24) is 0 Å². The highest BCUT2D eigenvalue weighted by atomic mass is 16.5. The van der Waals surface area contributed by atoms with Crippen molar-refractivity contribution in [2.45, 2.75) is 108 Å². The maximum atomic E-state index is 7.31. The fraction of sp³-hybridized carbons (Fsp3) is 0.368. The molecule has 7 aliphatic rings. The topological polar surface area (TPSA) is 12.5 Å². The molecule has 6 aromatic carbocycles. The lowest BCUT2D eigenvalue weighted by Crippen LogP contribution is -2.57. The molecular weight excluding hydrogens is 715 g/mol. The molecule has 1 spiro atoms. The Morgan fingerprint density at radius 3 is 1.78 bits per heavy atom. The van der Waals surface area contributed by atoms with E-state index in [4.69, 9.17) is 4.74 Å². The van der Waals surface area contributed by atoms with E-state index in [1.54, 1.807) is 0 Å². The van der Waals surface area contributed by atoms with Crippen molar-refractivity contribution < 1.29 is 4.74 Å². The van der Waals surface area contributed by atoms with Crippen LogP contribution in [0.2, 0.25) is 0 Å². The van der Waals surface area contributed by atoms with Gasteiger partial charge >= 0.3 is 0 Å². The van der Waals surface area contributed by atoms with E-state index in [2.05, 4.69) is 174 Å². The molecule has 6 aromatic rings. The van der Waals surface area contributed by atoms with Crippen molar-refractivity contribution in [2.24, 2.45) is 23.7 Å². The molecule has 0 atom stereocenters. The maximum Gasteiger partial charge on any atom is 0.134 e. The van der Waals surface area contributed by atoms with E-state index in [1.165, 1.54) is 112 Å². The fourth-order valence-corrected chi connectivity index (χ4v) is 14.0. The summed E-state index contributed by atoms with van der Waals surface area (Å²) in [5.74, 6) is 5.09. The summed E-state index contributed by atoms with van der Waals surface area (Å²) in [6.45, 7) is 14.6. The Bertz CT molecular complexity index is 2670. The molecule has 2 nitrogen and oxygen atoms in total. The minimum Gasteiger partial charge on any atom is -0.457 e. The number of rotatable bonds is 4. The lowest BCUT2D eigenvalue weighted by atomic mass is 9.41. The number of nitrogens with zero attached hydrogens (tertiary/aromatic N) is 1. The predicted molar refractivity (Wildman–Crippen MR) is 244 cm³/mol. The van der Waals surface area contributed by atoms with E-state index in [0.717, 1.165) is 29.0 Å². The Balaban J connectivity index is 1.13. The van der Waals surface area contributed by atoms with E-state index in [9.17, 15) is 0 Å². The molecule has 0 N–H and O–H groups in total. The van der Waals surface area contributed by atoms with Crippen LogP contribution < -0.4 is 9.64 Å². The minimum absolute atomic E-state index is 0.0586. The van der Waals surface area contributed by atoms with Crippen LogP contribution in [-0.2, 0) is 21.7 Å². The van der Waals surface area contributed by atoms with Gasteiger partial charge in [-0.2, -0.15) is 0 Å². The Labute approximate surface area is 351 Å². The first-order valence-electron chi connectivity index (χ1n) is 22.6. The second kappa shape index (κ2) is 12.2. The van der Waals surface area contributed by atoms with Gasteiger partial charge in [-0.25, -0.2) is 0 Å². The minimum atomic E-state index is -0.112. The van der Waals surface area contributed by atoms with Crippen molar-refractivity contribution in [3.8, 4) is 33.8 Å². The molecule has 1 heterocycles. The summed E-state index contributed by atoms with van der Waals surface area (Å²) in [7, 11) is 0. The molecule has 4 fully saturated rings. The molecule has 0 saturated heterocycles. The Hall–Kier alpha value is -5.08. The Morgan fingerprint density at radius 1 is 0.458 bits per heavy atom. The predicted octanol–water partition coefficient (Wildman–Crippen LogP) is 15.3. The molecule has 0 aromatic heterocycles. The number of hydrogen-bond acceptors (Lipinski definition) is 2. The van der Waals surface area contributed by atoms with Gasteiger partial charge in [0.05, 0.1) is 5.69 Å². The van der Waals surface area contributed by atoms with Crippen LogP contribution in [0.1, 0.15) is 120 Å². The van der Waals surface area contributed by atoms with E-state index in [-0.39, 0.29) is 21.7 Å². The Kier molecular flexibility index (Phi) is 7.44. The third-order valence-corrected chi connectivity index (χ3v) is 16.7. The van der Waals surface area contributed by atoms with Crippen LogP contribution in [0.15, 0.2) is 127 Å². The van der Waals surface area contributed by atoms with Crippen molar-refractivity contribution in [1.29, 1.82) is 0 Å². The van der Waals surface area contributed by atoms with Gasteiger partial charge in [0.25, 0.3) is 0 Å². The molecule has 4 bridgehead atoms. The largest absolute Gasteiger partial charge is 0.457 e. The first-order valence-corrected chi connectivity index (χ1v) is 22.6. The third kappa shape index (κ3) is 4.98. The average molecular weight is 772 g/mol. The van der Waals surface area contributed by atoms with Crippen LogP contribution >= 0.6 is 0 Å². The second-order valence-corrected chi connectivity index (χ2v) is 21.2. The third-order valence-electron chi connectivity index (χ3n) is 16.7.